The van der Waals surface area contributed by atoms with Crippen LogP contribution in [0.1, 0.15) is 32.1 Å². The summed E-state index contributed by atoms with van der Waals surface area (Å²) < 4.78 is 37.9. The first-order chi connectivity index (χ1) is 10.3. The number of rotatable bonds is 5. The number of benzene rings is 1. The second kappa shape index (κ2) is 6.31. The van der Waals surface area contributed by atoms with Gasteiger partial charge in [0.25, 0.3) is 0 Å². The van der Waals surface area contributed by atoms with Gasteiger partial charge in [0.05, 0.1) is 16.9 Å². The third-order valence-corrected chi connectivity index (χ3v) is 4.07. The summed E-state index contributed by atoms with van der Waals surface area (Å²) in [5, 5.41) is 8.61. The average molecular weight is 328 g/mol. The van der Waals surface area contributed by atoms with Gasteiger partial charge < -0.3 is 5.11 Å². The Kier molecular flexibility index (Phi) is 4.65. The zero-order valence-corrected chi connectivity index (χ0v) is 12.0. The second-order valence-corrected chi connectivity index (χ2v) is 5.74. The normalized spacial score (nSPS) is 11.4. The minimum absolute atomic E-state index is 0.0403. The standard InChI is InChI=1S/C15H11F3O3S/c16-15(17,18)10-3-1-2-9(8-10)14(21)12-6-4-11(22-12)5-7-13(19)20/h1-4,6,8H,5,7H2,(H,19,20). The molecule has 0 unspecified atom stereocenters. The molecule has 0 bridgehead atoms. The molecule has 0 amide bonds. The Morgan fingerprint density at radius 3 is 2.50 bits per heavy atom. The van der Waals surface area contributed by atoms with Crippen LogP contribution in [0.15, 0.2) is 36.4 Å². The number of thiophene rings is 1. The molecule has 2 aromatic rings. The van der Waals surface area contributed by atoms with Gasteiger partial charge in [-0.2, -0.15) is 13.2 Å². The van der Waals surface area contributed by atoms with E-state index in [0.29, 0.717) is 9.75 Å². The summed E-state index contributed by atoms with van der Waals surface area (Å²) >= 11 is 1.10. The van der Waals surface area contributed by atoms with Gasteiger partial charge in [0.1, 0.15) is 0 Å². The van der Waals surface area contributed by atoms with E-state index in [0.717, 1.165) is 23.5 Å². The molecular weight excluding hydrogens is 317 g/mol. The van der Waals surface area contributed by atoms with Gasteiger partial charge in [0, 0.05) is 10.4 Å². The van der Waals surface area contributed by atoms with Gasteiger partial charge in [-0.25, -0.2) is 0 Å². The highest BCUT2D eigenvalue weighted by molar-refractivity contribution is 7.14. The van der Waals surface area contributed by atoms with Crippen LogP contribution in [0.2, 0.25) is 0 Å². The Hall–Kier alpha value is -2.15. The Morgan fingerprint density at radius 1 is 1.14 bits per heavy atom. The molecule has 1 aromatic carbocycles. The van der Waals surface area contributed by atoms with Crippen molar-refractivity contribution in [3.05, 3.63) is 57.3 Å². The molecule has 0 saturated carbocycles. The molecule has 1 N–H and O–H groups in total. The van der Waals surface area contributed by atoms with Crippen molar-refractivity contribution in [2.75, 3.05) is 0 Å². The number of ketones is 1. The SMILES string of the molecule is O=C(O)CCc1ccc(C(=O)c2cccc(C(F)(F)F)c2)s1. The van der Waals surface area contributed by atoms with E-state index in [9.17, 15) is 22.8 Å². The molecule has 0 saturated heterocycles. The summed E-state index contributed by atoms with van der Waals surface area (Å²) in [6, 6.07) is 7.37. The van der Waals surface area contributed by atoms with E-state index in [2.05, 4.69) is 0 Å². The van der Waals surface area contributed by atoms with Crippen LogP contribution in [0, 0.1) is 0 Å². The van der Waals surface area contributed by atoms with Gasteiger partial charge in [-0.3, -0.25) is 9.59 Å². The minimum Gasteiger partial charge on any atom is -0.481 e. The van der Waals surface area contributed by atoms with Crippen molar-refractivity contribution >= 4 is 23.1 Å². The van der Waals surface area contributed by atoms with Gasteiger partial charge in [-0.1, -0.05) is 12.1 Å². The molecule has 116 valence electrons. The fourth-order valence-corrected chi connectivity index (χ4v) is 2.81. The van der Waals surface area contributed by atoms with Crippen molar-refractivity contribution in [3.63, 3.8) is 0 Å². The molecular formula is C15H11F3O3S. The Morgan fingerprint density at radius 2 is 1.86 bits per heavy atom. The quantitative estimate of drug-likeness (QED) is 0.844. The molecule has 1 aromatic heterocycles. The lowest BCUT2D eigenvalue weighted by molar-refractivity contribution is -0.138. The molecule has 3 nitrogen and oxygen atoms in total. The number of aryl methyl sites for hydroxylation is 1. The lowest BCUT2D eigenvalue weighted by Gasteiger charge is -2.07. The van der Waals surface area contributed by atoms with Crippen LogP contribution in [-0.2, 0) is 17.4 Å². The summed E-state index contributed by atoms with van der Waals surface area (Å²) in [7, 11) is 0. The number of aliphatic carboxylic acids is 1. The molecule has 0 radical (unpaired) electrons. The molecule has 0 aliphatic heterocycles. The van der Waals surface area contributed by atoms with Crippen LogP contribution in [0.5, 0.6) is 0 Å². The number of hydrogen-bond acceptors (Lipinski definition) is 3. The van der Waals surface area contributed by atoms with E-state index in [1.54, 1.807) is 6.07 Å². The maximum absolute atomic E-state index is 12.6. The fourth-order valence-electron chi connectivity index (χ4n) is 1.84. The van der Waals surface area contributed by atoms with E-state index in [1.165, 1.54) is 18.2 Å². The molecule has 2 rings (SSSR count). The van der Waals surface area contributed by atoms with Crippen LogP contribution in [0.25, 0.3) is 0 Å². The van der Waals surface area contributed by atoms with Crippen molar-refractivity contribution in [2.24, 2.45) is 0 Å². The zero-order chi connectivity index (χ0) is 16.3. The van der Waals surface area contributed by atoms with Gasteiger partial charge >= 0.3 is 12.1 Å². The fraction of sp³-hybridized carbons (Fsp3) is 0.200. The number of carboxylic acids is 1. The number of carbonyl (C=O) groups is 2. The third-order valence-electron chi connectivity index (χ3n) is 2.92. The largest absolute Gasteiger partial charge is 0.481 e. The van der Waals surface area contributed by atoms with Crippen molar-refractivity contribution < 1.29 is 27.9 Å². The lowest BCUT2D eigenvalue weighted by atomic mass is 10.1. The number of carbonyl (C=O) groups excluding carboxylic acids is 1. The summed E-state index contributed by atoms with van der Waals surface area (Å²) in [5.41, 5.74) is -0.914. The Labute approximate surface area is 128 Å². The first-order valence-electron chi connectivity index (χ1n) is 6.30. The molecule has 0 aliphatic carbocycles. The van der Waals surface area contributed by atoms with Crippen LogP contribution in [0.3, 0.4) is 0 Å². The van der Waals surface area contributed by atoms with E-state index < -0.39 is 23.5 Å². The smallest absolute Gasteiger partial charge is 0.416 e. The molecule has 0 spiro atoms. The van der Waals surface area contributed by atoms with E-state index in [4.69, 9.17) is 5.11 Å². The molecule has 0 atom stereocenters. The van der Waals surface area contributed by atoms with Crippen molar-refractivity contribution in [2.45, 2.75) is 19.0 Å². The number of alkyl halides is 3. The monoisotopic (exact) mass is 328 g/mol. The predicted octanol–water partition coefficient (Wildman–Crippen LogP) is 4.02. The molecule has 1 heterocycles. The first kappa shape index (κ1) is 16.2. The molecule has 7 heteroatoms. The number of halogens is 3. The second-order valence-electron chi connectivity index (χ2n) is 4.57. The van der Waals surface area contributed by atoms with E-state index >= 15 is 0 Å². The van der Waals surface area contributed by atoms with Crippen molar-refractivity contribution in [1.29, 1.82) is 0 Å². The van der Waals surface area contributed by atoms with Gasteiger partial charge in [0.15, 0.2) is 0 Å². The van der Waals surface area contributed by atoms with Crippen LogP contribution in [0.4, 0.5) is 13.2 Å². The predicted molar refractivity (Wildman–Crippen MR) is 75.2 cm³/mol. The number of hydrogen-bond donors (Lipinski definition) is 1. The zero-order valence-electron chi connectivity index (χ0n) is 11.2. The highest BCUT2D eigenvalue weighted by Crippen LogP contribution is 2.30. The topological polar surface area (TPSA) is 54.4 Å². The summed E-state index contributed by atoms with van der Waals surface area (Å²) in [4.78, 5) is 23.7. The van der Waals surface area contributed by atoms with Gasteiger partial charge in [-0.05, 0) is 30.7 Å². The highest BCUT2D eigenvalue weighted by Gasteiger charge is 2.31. The minimum atomic E-state index is -4.50. The Balaban J connectivity index is 2.20. The summed E-state index contributed by atoms with van der Waals surface area (Å²) in [5.74, 6) is -1.45. The van der Waals surface area contributed by atoms with Crippen molar-refractivity contribution in [1.82, 2.24) is 0 Å². The summed E-state index contributed by atoms with van der Waals surface area (Å²) in [6.07, 6.45) is -4.27. The average Bonchev–Trinajstić information content (AvgIpc) is 2.92. The highest BCUT2D eigenvalue weighted by atomic mass is 32.1. The van der Waals surface area contributed by atoms with Crippen molar-refractivity contribution in [3.8, 4) is 0 Å². The van der Waals surface area contributed by atoms with Crippen LogP contribution in [-0.4, -0.2) is 16.9 Å². The lowest BCUT2D eigenvalue weighted by Crippen LogP contribution is -2.07. The van der Waals surface area contributed by atoms with Gasteiger partial charge in [-0.15, -0.1) is 11.3 Å². The molecule has 22 heavy (non-hydrogen) atoms. The van der Waals surface area contributed by atoms with Gasteiger partial charge in [0.2, 0.25) is 5.78 Å². The third kappa shape index (κ3) is 3.94. The Bertz CT molecular complexity index is 704. The van der Waals surface area contributed by atoms with Crippen LogP contribution < -0.4 is 0 Å². The first-order valence-corrected chi connectivity index (χ1v) is 7.11. The molecule has 0 fully saturated rings. The summed E-state index contributed by atoms with van der Waals surface area (Å²) in [6.45, 7) is 0. The van der Waals surface area contributed by atoms with Crippen LogP contribution >= 0.6 is 11.3 Å². The maximum Gasteiger partial charge on any atom is 0.416 e. The maximum atomic E-state index is 12.6. The number of carboxylic acid groups (broad SMARTS) is 1. The van der Waals surface area contributed by atoms with E-state index in [1.807, 2.05) is 0 Å². The molecule has 0 aliphatic rings. The van der Waals surface area contributed by atoms with E-state index in [-0.39, 0.29) is 18.4 Å².